The molecule has 0 saturated heterocycles. The minimum Gasteiger partial charge on any atom is -0.375 e. The first-order chi connectivity index (χ1) is 10.0. The van der Waals surface area contributed by atoms with Gasteiger partial charge in [0.25, 0.3) is 0 Å². The van der Waals surface area contributed by atoms with Gasteiger partial charge in [-0.2, -0.15) is 0 Å². The Hall–Kier alpha value is -1.53. The van der Waals surface area contributed by atoms with Crippen molar-refractivity contribution >= 4 is 17.2 Å². The van der Waals surface area contributed by atoms with Crippen LogP contribution in [-0.2, 0) is 17.7 Å². The minimum absolute atomic E-state index is 0.0436. The quantitative estimate of drug-likeness (QED) is 0.820. The number of ether oxygens (including phenoxy) is 1. The highest BCUT2D eigenvalue weighted by molar-refractivity contribution is 7.09. The maximum absolute atomic E-state index is 5.30. The van der Waals surface area contributed by atoms with Crippen LogP contribution in [0.3, 0.4) is 0 Å². The molecule has 0 aromatic carbocycles. The predicted molar refractivity (Wildman–Crippen MR) is 85.8 cm³/mol. The lowest BCUT2D eigenvalue weighted by atomic mass is 10.3. The monoisotopic (exact) mass is 306 g/mol. The molecule has 21 heavy (non-hydrogen) atoms. The number of rotatable bonds is 6. The molecule has 5 nitrogen and oxygen atoms in total. The molecule has 2 heterocycles. The van der Waals surface area contributed by atoms with E-state index < -0.39 is 0 Å². The van der Waals surface area contributed by atoms with Crippen LogP contribution in [0, 0.1) is 6.92 Å². The topological polar surface area (TPSA) is 51.1 Å². The Labute approximate surface area is 130 Å². The van der Waals surface area contributed by atoms with Gasteiger partial charge in [-0.25, -0.2) is 15.0 Å². The molecule has 0 aliphatic carbocycles. The van der Waals surface area contributed by atoms with Gasteiger partial charge in [-0.3, -0.25) is 0 Å². The van der Waals surface area contributed by atoms with Crippen molar-refractivity contribution < 1.29 is 4.74 Å². The predicted octanol–water partition coefficient (Wildman–Crippen LogP) is 3.15. The van der Waals surface area contributed by atoms with E-state index in [0.717, 1.165) is 41.0 Å². The Kier molecular flexibility index (Phi) is 5.25. The van der Waals surface area contributed by atoms with Gasteiger partial charge >= 0.3 is 0 Å². The van der Waals surface area contributed by atoms with Gasteiger partial charge in [0.1, 0.15) is 22.8 Å². The summed E-state index contributed by atoms with van der Waals surface area (Å²) in [6.45, 7) is 6.77. The zero-order valence-electron chi connectivity index (χ0n) is 13.3. The molecule has 6 heteroatoms. The van der Waals surface area contributed by atoms with Gasteiger partial charge in [0.2, 0.25) is 0 Å². The molecular weight excluding hydrogens is 284 g/mol. The van der Waals surface area contributed by atoms with Crippen molar-refractivity contribution in [3.8, 4) is 0 Å². The van der Waals surface area contributed by atoms with Crippen LogP contribution < -0.4 is 4.90 Å². The summed E-state index contributed by atoms with van der Waals surface area (Å²) >= 11 is 1.63. The van der Waals surface area contributed by atoms with Crippen molar-refractivity contribution in [2.45, 2.75) is 39.8 Å². The average Bonchev–Trinajstić information content (AvgIpc) is 2.94. The zero-order chi connectivity index (χ0) is 15.4. The van der Waals surface area contributed by atoms with Gasteiger partial charge < -0.3 is 9.64 Å². The van der Waals surface area contributed by atoms with Crippen LogP contribution in [0.15, 0.2) is 11.4 Å². The third-order valence-corrected chi connectivity index (χ3v) is 4.36. The zero-order valence-corrected chi connectivity index (χ0v) is 14.1. The molecule has 1 atom stereocenters. The highest BCUT2D eigenvalue weighted by Crippen LogP contribution is 2.22. The molecule has 2 rings (SSSR count). The number of methoxy groups -OCH3 is 1. The van der Waals surface area contributed by atoms with Crippen LogP contribution in [-0.4, -0.2) is 29.1 Å². The number of thiazole rings is 1. The molecule has 0 N–H and O–H groups in total. The molecule has 0 saturated carbocycles. The molecule has 0 radical (unpaired) electrons. The Balaban J connectivity index is 2.12. The van der Waals surface area contributed by atoms with Gasteiger partial charge in [0, 0.05) is 31.3 Å². The lowest BCUT2D eigenvalue weighted by molar-refractivity contribution is 0.119. The summed E-state index contributed by atoms with van der Waals surface area (Å²) in [5.74, 6) is 1.75. The molecule has 114 valence electrons. The summed E-state index contributed by atoms with van der Waals surface area (Å²) < 4.78 is 5.30. The number of nitrogens with zero attached hydrogens (tertiary/aromatic N) is 4. The van der Waals surface area contributed by atoms with Crippen molar-refractivity contribution in [1.29, 1.82) is 0 Å². The largest absolute Gasteiger partial charge is 0.375 e. The molecule has 0 spiro atoms. The first-order valence-corrected chi connectivity index (χ1v) is 7.94. The summed E-state index contributed by atoms with van der Waals surface area (Å²) in [7, 11) is 3.73. The highest BCUT2D eigenvalue weighted by atomic mass is 32.1. The van der Waals surface area contributed by atoms with Crippen molar-refractivity contribution in [3.05, 3.63) is 33.7 Å². The first kappa shape index (κ1) is 15.9. The molecule has 0 amide bonds. The second kappa shape index (κ2) is 6.95. The van der Waals surface area contributed by atoms with Crippen LogP contribution >= 0.6 is 11.3 Å². The maximum atomic E-state index is 5.30. The highest BCUT2D eigenvalue weighted by Gasteiger charge is 2.12. The summed E-state index contributed by atoms with van der Waals surface area (Å²) in [4.78, 5) is 15.6. The minimum atomic E-state index is 0.0436. The fourth-order valence-corrected chi connectivity index (χ4v) is 2.84. The van der Waals surface area contributed by atoms with E-state index in [1.807, 2.05) is 27.0 Å². The number of hydrogen-bond acceptors (Lipinski definition) is 6. The fraction of sp³-hybridized carbons (Fsp3) is 0.533. The molecular formula is C15H22N4OS. The molecule has 0 fully saturated rings. The standard InChI is InChI=1S/C15H22N4OS/c1-6-12-7-14(17-11(3)16-12)19(4)8-13-9-21-15(18-13)10(2)20-5/h7,9-10H,6,8H2,1-5H3. The number of hydrogen-bond donors (Lipinski definition) is 0. The van der Waals surface area contributed by atoms with E-state index in [4.69, 9.17) is 4.74 Å². The first-order valence-electron chi connectivity index (χ1n) is 7.06. The van der Waals surface area contributed by atoms with E-state index in [1.165, 1.54) is 0 Å². The Morgan fingerprint density at radius 1 is 1.29 bits per heavy atom. The van der Waals surface area contributed by atoms with Crippen molar-refractivity contribution in [3.63, 3.8) is 0 Å². The van der Waals surface area contributed by atoms with E-state index in [-0.39, 0.29) is 6.10 Å². The second-order valence-corrected chi connectivity index (χ2v) is 5.92. The van der Waals surface area contributed by atoms with Crippen LogP contribution in [0.5, 0.6) is 0 Å². The SMILES string of the molecule is CCc1cc(N(C)Cc2csc(C(C)OC)n2)nc(C)n1. The number of aryl methyl sites for hydroxylation is 2. The van der Waals surface area contributed by atoms with Crippen LogP contribution in [0.2, 0.25) is 0 Å². The van der Waals surface area contributed by atoms with Gasteiger partial charge in [-0.1, -0.05) is 6.92 Å². The molecule has 0 aliphatic heterocycles. The van der Waals surface area contributed by atoms with Gasteiger partial charge in [0.15, 0.2) is 0 Å². The Bertz CT molecular complexity index is 599. The summed E-state index contributed by atoms with van der Waals surface area (Å²) in [6, 6.07) is 2.04. The van der Waals surface area contributed by atoms with Crippen molar-refractivity contribution in [2.24, 2.45) is 0 Å². The summed E-state index contributed by atoms with van der Waals surface area (Å²) in [5, 5.41) is 3.09. The second-order valence-electron chi connectivity index (χ2n) is 5.03. The summed E-state index contributed by atoms with van der Waals surface area (Å²) in [6.07, 6.45) is 0.957. The van der Waals surface area contributed by atoms with Crippen molar-refractivity contribution in [1.82, 2.24) is 15.0 Å². The average molecular weight is 306 g/mol. The Morgan fingerprint density at radius 3 is 2.71 bits per heavy atom. The normalized spacial score (nSPS) is 12.4. The van der Waals surface area contributed by atoms with E-state index in [9.17, 15) is 0 Å². The molecule has 2 aromatic heterocycles. The molecule has 1 unspecified atom stereocenters. The van der Waals surface area contributed by atoms with Crippen molar-refractivity contribution in [2.75, 3.05) is 19.1 Å². The van der Waals surface area contributed by atoms with Crippen LogP contribution in [0.4, 0.5) is 5.82 Å². The number of anilines is 1. The van der Waals surface area contributed by atoms with Crippen LogP contribution in [0.1, 0.15) is 42.2 Å². The van der Waals surface area contributed by atoms with Gasteiger partial charge in [0.05, 0.1) is 12.2 Å². The Morgan fingerprint density at radius 2 is 2.05 bits per heavy atom. The van der Waals surface area contributed by atoms with E-state index in [1.54, 1.807) is 18.4 Å². The molecule has 0 aliphatic rings. The molecule has 0 bridgehead atoms. The maximum Gasteiger partial charge on any atom is 0.132 e. The van der Waals surface area contributed by atoms with E-state index in [2.05, 4.69) is 32.2 Å². The van der Waals surface area contributed by atoms with Crippen LogP contribution in [0.25, 0.3) is 0 Å². The van der Waals surface area contributed by atoms with Gasteiger partial charge in [-0.05, 0) is 20.3 Å². The van der Waals surface area contributed by atoms with Gasteiger partial charge in [-0.15, -0.1) is 11.3 Å². The number of aromatic nitrogens is 3. The lowest BCUT2D eigenvalue weighted by Gasteiger charge is -2.18. The smallest absolute Gasteiger partial charge is 0.132 e. The third-order valence-electron chi connectivity index (χ3n) is 3.30. The lowest BCUT2D eigenvalue weighted by Crippen LogP contribution is -2.19. The van der Waals surface area contributed by atoms with E-state index >= 15 is 0 Å². The fourth-order valence-electron chi connectivity index (χ4n) is 2.00. The van der Waals surface area contributed by atoms with E-state index in [0.29, 0.717) is 0 Å². The molecule has 2 aromatic rings. The third kappa shape index (κ3) is 3.98. The summed E-state index contributed by atoms with van der Waals surface area (Å²) in [5.41, 5.74) is 2.10.